The Morgan fingerprint density at radius 1 is 1.08 bits per heavy atom. The van der Waals surface area contributed by atoms with Gasteiger partial charge in [0, 0.05) is 5.57 Å². The molecule has 0 unspecified atom stereocenters. The topological polar surface area (TPSA) is 46.5 Å². The molecule has 0 radical (unpaired) electrons. The van der Waals surface area contributed by atoms with E-state index in [-0.39, 0.29) is 5.97 Å². The molecule has 0 bridgehead atoms. The maximum Gasteiger partial charge on any atom is 0.333 e. The monoisotopic (exact) mass is 350 g/mol. The first kappa shape index (κ1) is 21.0. The SMILES string of the molecule is C=C(C)C(=O)OCC.CC(=CC=Cc1ccc(O)cc1)c1ccccc1. The van der Waals surface area contributed by atoms with Crippen LogP contribution in [0.1, 0.15) is 31.9 Å². The van der Waals surface area contributed by atoms with Crippen LogP contribution >= 0.6 is 0 Å². The first-order valence-corrected chi connectivity index (χ1v) is 8.46. The van der Waals surface area contributed by atoms with Crippen LogP contribution in [-0.4, -0.2) is 17.7 Å². The van der Waals surface area contributed by atoms with Crippen molar-refractivity contribution in [3.63, 3.8) is 0 Å². The summed E-state index contributed by atoms with van der Waals surface area (Å²) in [6.07, 6.45) is 6.13. The lowest BCUT2D eigenvalue weighted by molar-refractivity contribution is -0.138. The third kappa shape index (κ3) is 8.15. The van der Waals surface area contributed by atoms with Crippen LogP contribution in [0.5, 0.6) is 5.75 Å². The van der Waals surface area contributed by atoms with Gasteiger partial charge in [-0.2, -0.15) is 0 Å². The van der Waals surface area contributed by atoms with Crippen molar-refractivity contribution < 1.29 is 14.6 Å². The van der Waals surface area contributed by atoms with E-state index in [2.05, 4.69) is 36.4 Å². The van der Waals surface area contributed by atoms with Gasteiger partial charge in [-0.3, -0.25) is 0 Å². The van der Waals surface area contributed by atoms with Crippen molar-refractivity contribution in [3.8, 4) is 5.75 Å². The van der Waals surface area contributed by atoms with Gasteiger partial charge in [0.05, 0.1) is 6.61 Å². The molecule has 2 rings (SSSR count). The van der Waals surface area contributed by atoms with Crippen molar-refractivity contribution in [2.75, 3.05) is 6.61 Å². The molecule has 0 heterocycles. The van der Waals surface area contributed by atoms with Crippen molar-refractivity contribution in [1.29, 1.82) is 0 Å². The summed E-state index contributed by atoms with van der Waals surface area (Å²) in [4.78, 5) is 10.4. The average Bonchev–Trinajstić information content (AvgIpc) is 2.64. The van der Waals surface area contributed by atoms with Crippen molar-refractivity contribution >= 4 is 17.6 Å². The molecule has 0 saturated heterocycles. The smallest absolute Gasteiger partial charge is 0.333 e. The highest BCUT2D eigenvalue weighted by molar-refractivity contribution is 5.86. The summed E-state index contributed by atoms with van der Waals surface area (Å²) in [6, 6.07) is 17.4. The van der Waals surface area contributed by atoms with Gasteiger partial charge >= 0.3 is 5.97 Å². The second-order valence-corrected chi connectivity index (χ2v) is 5.67. The first-order valence-electron chi connectivity index (χ1n) is 8.46. The average molecular weight is 350 g/mol. The molecule has 1 N–H and O–H groups in total. The Kier molecular flexibility index (Phi) is 9.26. The van der Waals surface area contributed by atoms with E-state index in [0.29, 0.717) is 17.9 Å². The summed E-state index contributed by atoms with van der Waals surface area (Å²) < 4.78 is 4.56. The zero-order chi connectivity index (χ0) is 19.4. The molecule has 2 aromatic carbocycles. The van der Waals surface area contributed by atoms with E-state index in [0.717, 1.165) is 5.56 Å². The van der Waals surface area contributed by atoms with Crippen LogP contribution in [0.15, 0.2) is 78.9 Å². The number of allylic oxidation sites excluding steroid dienone is 3. The molecule has 0 aromatic heterocycles. The minimum Gasteiger partial charge on any atom is -0.508 e. The Labute approximate surface area is 156 Å². The molecule has 0 amide bonds. The van der Waals surface area contributed by atoms with E-state index in [1.165, 1.54) is 11.1 Å². The van der Waals surface area contributed by atoms with Gasteiger partial charge in [0.15, 0.2) is 0 Å². The summed E-state index contributed by atoms with van der Waals surface area (Å²) in [6.45, 7) is 9.30. The summed E-state index contributed by atoms with van der Waals surface area (Å²) >= 11 is 0. The summed E-state index contributed by atoms with van der Waals surface area (Å²) in [5, 5.41) is 9.18. The largest absolute Gasteiger partial charge is 0.508 e. The molecule has 0 aliphatic carbocycles. The summed E-state index contributed by atoms with van der Waals surface area (Å²) in [5.41, 5.74) is 3.98. The maximum atomic E-state index is 10.4. The number of ether oxygens (including phenoxy) is 1. The van der Waals surface area contributed by atoms with Gasteiger partial charge in [-0.1, -0.05) is 67.3 Å². The number of aromatic hydroxyl groups is 1. The number of phenols is 1. The van der Waals surface area contributed by atoms with Crippen molar-refractivity contribution in [3.05, 3.63) is 90.0 Å². The molecule has 2 aromatic rings. The highest BCUT2D eigenvalue weighted by Gasteiger charge is 1.98. The molecule has 26 heavy (non-hydrogen) atoms. The standard InChI is InChI=1S/C17H16O.C6H10O2/c1-14(16-8-3-2-4-9-16)6-5-7-15-10-12-17(18)13-11-15;1-4-8-6(7)5(2)3/h2-13,18H,1H3;2,4H2,1,3H3. The second-order valence-electron chi connectivity index (χ2n) is 5.67. The lowest BCUT2D eigenvalue weighted by Crippen LogP contribution is -2.03. The third-order valence-corrected chi connectivity index (χ3v) is 3.38. The van der Waals surface area contributed by atoms with Crippen molar-refractivity contribution in [2.24, 2.45) is 0 Å². The van der Waals surface area contributed by atoms with Gasteiger partial charge in [-0.05, 0) is 49.6 Å². The van der Waals surface area contributed by atoms with Crippen LogP contribution < -0.4 is 0 Å². The minimum absolute atomic E-state index is 0.295. The van der Waals surface area contributed by atoms with Gasteiger partial charge in [-0.15, -0.1) is 0 Å². The molecule has 0 saturated carbocycles. The number of hydrogen-bond donors (Lipinski definition) is 1. The molecule has 0 aliphatic heterocycles. The number of carbonyl (C=O) groups is 1. The fourth-order valence-electron chi connectivity index (χ4n) is 1.94. The van der Waals surface area contributed by atoms with E-state index in [1.54, 1.807) is 26.0 Å². The van der Waals surface area contributed by atoms with E-state index < -0.39 is 0 Å². The van der Waals surface area contributed by atoms with E-state index in [9.17, 15) is 9.90 Å². The van der Waals surface area contributed by atoms with Crippen LogP contribution in [-0.2, 0) is 9.53 Å². The second kappa shape index (κ2) is 11.5. The molecule has 0 fully saturated rings. The van der Waals surface area contributed by atoms with E-state index in [1.807, 2.05) is 42.5 Å². The predicted molar refractivity (Wildman–Crippen MR) is 109 cm³/mol. The van der Waals surface area contributed by atoms with Crippen molar-refractivity contribution in [2.45, 2.75) is 20.8 Å². The lowest BCUT2D eigenvalue weighted by Gasteiger charge is -1.98. The van der Waals surface area contributed by atoms with Gasteiger partial charge < -0.3 is 9.84 Å². The van der Waals surface area contributed by atoms with Crippen LogP contribution in [0.3, 0.4) is 0 Å². The van der Waals surface area contributed by atoms with E-state index >= 15 is 0 Å². The number of benzene rings is 2. The Balaban J connectivity index is 0.000000359. The molecule has 0 atom stereocenters. The first-order chi connectivity index (χ1) is 12.4. The molecule has 0 spiro atoms. The number of phenolic OH excluding ortho intramolecular Hbond substituents is 1. The molecule has 0 aliphatic rings. The Morgan fingerprint density at radius 2 is 1.69 bits per heavy atom. The Bertz CT molecular complexity index is 754. The number of esters is 1. The van der Waals surface area contributed by atoms with Gasteiger partial charge in [0.1, 0.15) is 5.75 Å². The molecular weight excluding hydrogens is 324 g/mol. The summed E-state index contributed by atoms with van der Waals surface area (Å²) in [7, 11) is 0. The number of rotatable bonds is 5. The number of carbonyl (C=O) groups excluding carboxylic acids is 1. The third-order valence-electron chi connectivity index (χ3n) is 3.38. The van der Waals surface area contributed by atoms with Crippen LogP contribution in [0, 0.1) is 0 Å². The number of hydrogen-bond acceptors (Lipinski definition) is 3. The molecule has 3 heteroatoms. The quantitative estimate of drug-likeness (QED) is 0.431. The van der Waals surface area contributed by atoms with E-state index in [4.69, 9.17) is 0 Å². The Morgan fingerprint density at radius 3 is 2.19 bits per heavy atom. The Hall–Kier alpha value is -3.07. The predicted octanol–water partition coefficient (Wildman–Crippen LogP) is 5.63. The zero-order valence-electron chi connectivity index (χ0n) is 15.6. The van der Waals surface area contributed by atoms with Crippen LogP contribution in [0.2, 0.25) is 0 Å². The molecular formula is C23H26O3. The maximum absolute atomic E-state index is 10.4. The van der Waals surface area contributed by atoms with Gasteiger partial charge in [0.2, 0.25) is 0 Å². The zero-order valence-corrected chi connectivity index (χ0v) is 15.6. The normalized spacial score (nSPS) is 10.8. The highest BCUT2D eigenvalue weighted by atomic mass is 16.5. The lowest BCUT2D eigenvalue weighted by atomic mass is 10.1. The minimum atomic E-state index is -0.312. The fraction of sp³-hybridized carbons (Fsp3) is 0.174. The fourth-order valence-corrected chi connectivity index (χ4v) is 1.94. The molecule has 3 nitrogen and oxygen atoms in total. The van der Waals surface area contributed by atoms with Crippen LogP contribution in [0.25, 0.3) is 11.6 Å². The van der Waals surface area contributed by atoms with Gasteiger partial charge in [0.25, 0.3) is 0 Å². The van der Waals surface area contributed by atoms with Crippen LogP contribution in [0.4, 0.5) is 0 Å². The highest BCUT2D eigenvalue weighted by Crippen LogP contribution is 2.14. The summed E-state index contributed by atoms with van der Waals surface area (Å²) in [5.74, 6) is -0.0179. The molecule has 136 valence electrons. The van der Waals surface area contributed by atoms with Gasteiger partial charge in [-0.25, -0.2) is 4.79 Å². The van der Waals surface area contributed by atoms with Crippen molar-refractivity contribution in [1.82, 2.24) is 0 Å².